The van der Waals surface area contributed by atoms with Gasteiger partial charge in [0.1, 0.15) is 5.82 Å². The average Bonchev–Trinajstić information content (AvgIpc) is 2.26. The van der Waals surface area contributed by atoms with Crippen LogP contribution in [0.2, 0.25) is 0 Å². The highest BCUT2D eigenvalue weighted by molar-refractivity contribution is 7.89. The van der Waals surface area contributed by atoms with E-state index in [4.69, 9.17) is 0 Å². The molecular weight excluding hydrogens is 231 g/mol. The van der Waals surface area contributed by atoms with E-state index in [2.05, 4.69) is 5.32 Å². The zero-order valence-corrected chi connectivity index (χ0v) is 10.1. The monoisotopic (exact) mass is 246 g/mol. The molecule has 0 spiro atoms. The van der Waals surface area contributed by atoms with Crippen LogP contribution in [0.1, 0.15) is 0 Å². The van der Waals surface area contributed by atoms with Gasteiger partial charge in [0.25, 0.3) is 0 Å². The van der Waals surface area contributed by atoms with Crippen molar-refractivity contribution in [3.8, 4) is 0 Å². The predicted octanol–water partition coefficient (Wildman–Crippen LogP) is 0.666. The van der Waals surface area contributed by atoms with E-state index in [1.165, 1.54) is 23.5 Å². The van der Waals surface area contributed by atoms with E-state index >= 15 is 0 Å². The fourth-order valence-electron chi connectivity index (χ4n) is 1.18. The number of nitrogens with one attached hydrogen (secondary N) is 1. The molecule has 1 aromatic rings. The number of benzene rings is 1. The average molecular weight is 246 g/mol. The Kier molecular flexibility index (Phi) is 4.40. The van der Waals surface area contributed by atoms with Gasteiger partial charge in [0.05, 0.1) is 4.90 Å². The van der Waals surface area contributed by atoms with Gasteiger partial charge in [-0.2, -0.15) is 4.31 Å². The van der Waals surface area contributed by atoms with Gasteiger partial charge in [-0.05, 0) is 31.3 Å². The summed E-state index contributed by atoms with van der Waals surface area (Å²) in [4.78, 5) is 0.104. The molecule has 1 aromatic carbocycles. The van der Waals surface area contributed by atoms with Crippen LogP contribution in [0.5, 0.6) is 0 Å². The van der Waals surface area contributed by atoms with Crippen molar-refractivity contribution in [3.63, 3.8) is 0 Å². The SMILES string of the molecule is CNCCN(C)S(=O)(=O)c1ccc(F)cc1. The molecule has 0 atom stereocenters. The van der Waals surface area contributed by atoms with Gasteiger partial charge in [0.2, 0.25) is 10.0 Å². The summed E-state index contributed by atoms with van der Waals surface area (Å²) < 4.78 is 37.7. The van der Waals surface area contributed by atoms with Crippen LogP contribution < -0.4 is 5.32 Å². The number of halogens is 1. The van der Waals surface area contributed by atoms with Crippen LogP contribution in [0.4, 0.5) is 4.39 Å². The molecular formula is C10H15FN2O2S. The van der Waals surface area contributed by atoms with Crippen molar-refractivity contribution in [2.75, 3.05) is 27.2 Å². The Hall–Kier alpha value is -0.980. The Morgan fingerprint density at radius 1 is 1.31 bits per heavy atom. The highest BCUT2D eigenvalue weighted by Gasteiger charge is 2.19. The van der Waals surface area contributed by atoms with Crippen LogP contribution in [0.15, 0.2) is 29.2 Å². The van der Waals surface area contributed by atoms with E-state index in [0.29, 0.717) is 13.1 Å². The minimum absolute atomic E-state index is 0.104. The van der Waals surface area contributed by atoms with Crippen LogP contribution in [-0.2, 0) is 10.0 Å². The normalized spacial score (nSPS) is 12.0. The van der Waals surface area contributed by atoms with E-state index in [1.54, 1.807) is 7.05 Å². The molecule has 0 saturated heterocycles. The highest BCUT2D eigenvalue weighted by atomic mass is 32.2. The zero-order chi connectivity index (χ0) is 12.2. The number of sulfonamides is 1. The molecule has 0 aromatic heterocycles. The standard InChI is InChI=1S/C10H15FN2O2S/c1-12-7-8-13(2)16(14,15)10-5-3-9(11)4-6-10/h3-6,12H,7-8H2,1-2H3. The molecule has 0 aliphatic heterocycles. The number of nitrogens with zero attached hydrogens (tertiary/aromatic N) is 1. The first-order valence-electron chi connectivity index (χ1n) is 4.85. The summed E-state index contributed by atoms with van der Waals surface area (Å²) in [6, 6.07) is 4.80. The molecule has 0 aliphatic rings. The summed E-state index contributed by atoms with van der Waals surface area (Å²) >= 11 is 0. The van der Waals surface area contributed by atoms with Crippen LogP contribution in [0.3, 0.4) is 0 Å². The summed E-state index contributed by atoms with van der Waals surface area (Å²) in [7, 11) is -0.257. The molecule has 0 heterocycles. The van der Waals surface area contributed by atoms with Gasteiger partial charge in [-0.1, -0.05) is 0 Å². The largest absolute Gasteiger partial charge is 0.318 e. The topological polar surface area (TPSA) is 49.4 Å². The molecule has 0 fully saturated rings. The molecule has 1 rings (SSSR count). The van der Waals surface area contributed by atoms with Crippen molar-refractivity contribution in [2.45, 2.75) is 4.90 Å². The van der Waals surface area contributed by atoms with Gasteiger partial charge < -0.3 is 5.32 Å². The second-order valence-corrected chi connectivity index (χ2v) is 5.43. The lowest BCUT2D eigenvalue weighted by molar-refractivity contribution is 0.466. The molecule has 90 valence electrons. The van der Waals surface area contributed by atoms with Gasteiger partial charge in [-0.15, -0.1) is 0 Å². The van der Waals surface area contributed by atoms with E-state index in [-0.39, 0.29) is 4.90 Å². The quantitative estimate of drug-likeness (QED) is 0.830. The maximum absolute atomic E-state index is 12.7. The van der Waals surface area contributed by atoms with Crippen LogP contribution in [-0.4, -0.2) is 39.9 Å². The Labute approximate surface area is 95.1 Å². The highest BCUT2D eigenvalue weighted by Crippen LogP contribution is 2.14. The first-order valence-corrected chi connectivity index (χ1v) is 6.29. The third-order valence-corrected chi connectivity index (χ3v) is 4.07. The zero-order valence-electron chi connectivity index (χ0n) is 9.27. The third kappa shape index (κ3) is 3.01. The summed E-state index contributed by atoms with van der Waals surface area (Å²) in [5.41, 5.74) is 0. The minimum Gasteiger partial charge on any atom is -0.318 e. The van der Waals surface area contributed by atoms with Crippen molar-refractivity contribution in [1.29, 1.82) is 0 Å². The molecule has 0 saturated carbocycles. The molecule has 0 radical (unpaired) electrons. The molecule has 6 heteroatoms. The summed E-state index contributed by atoms with van der Waals surface area (Å²) in [6.07, 6.45) is 0. The molecule has 0 aliphatic carbocycles. The van der Waals surface area contributed by atoms with E-state index in [0.717, 1.165) is 12.1 Å². The molecule has 1 N–H and O–H groups in total. The summed E-state index contributed by atoms with van der Waals surface area (Å²) in [6.45, 7) is 0.938. The van der Waals surface area contributed by atoms with E-state index < -0.39 is 15.8 Å². The summed E-state index contributed by atoms with van der Waals surface area (Å²) in [5.74, 6) is -0.447. The van der Waals surface area contributed by atoms with Crippen LogP contribution in [0, 0.1) is 5.82 Å². The Balaban J connectivity index is 2.89. The van der Waals surface area contributed by atoms with Crippen molar-refractivity contribution in [1.82, 2.24) is 9.62 Å². The maximum atomic E-state index is 12.7. The second kappa shape index (κ2) is 5.38. The van der Waals surface area contributed by atoms with E-state index in [9.17, 15) is 12.8 Å². The number of hydrogen-bond acceptors (Lipinski definition) is 3. The molecule has 0 unspecified atom stereocenters. The third-order valence-electron chi connectivity index (χ3n) is 2.20. The van der Waals surface area contributed by atoms with Gasteiger partial charge in [0.15, 0.2) is 0 Å². The Morgan fingerprint density at radius 2 is 1.88 bits per heavy atom. The smallest absolute Gasteiger partial charge is 0.242 e. The molecule has 0 bridgehead atoms. The number of hydrogen-bond donors (Lipinski definition) is 1. The van der Waals surface area contributed by atoms with Gasteiger partial charge in [-0.25, -0.2) is 12.8 Å². The lowest BCUT2D eigenvalue weighted by Crippen LogP contribution is -2.32. The second-order valence-electron chi connectivity index (χ2n) is 3.38. The lowest BCUT2D eigenvalue weighted by atomic mass is 10.4. The van der Waals surface area contributed by atoms with Gasteiger partial charge >= 0.3 is 0 Å². The Bertz CT molecular complexity index is 431. The predicted molar refractivity (Wildman–Crippen MR) is 60.1 cm³/mol. The summed E-state index contributed by atoms with van der Waals surface area (Å²) in [5, 5.41) is 2.87. The van der Waals surface area contributed by atoms with Crippen LogP contribution in [0.25, 0.3) is 0 Å². The van der Waals surface area contributed by atoms with Crippen molar-refractivity contribution < 1.29 is 12.8 Å². The fraction of sp³-hybridized carbons (Fsp3) is 0.400. The number of likely N-dealkylation sites (N-methyl/N-ethyl adjacent to an activating group) is 2. The Morgan fingerprint density at radius 3 is 2.38 bits per heavy atom. The fourth-order valence-corrected chi connectivity index (χ4v) is 2.35. The van der Waals surface area contributed by atoms with Crippen molar-refractivity contribution >= 4 is 10.0 Å². The van der Waals surface area contributed by atoms with Crippen molar-refractivity contribution in [2.24, 2.45) is 0 Å². The van der Waals surface area contributed by atoms with Gasteiger partial charge in [0, 0.05) is 20.1 Å². The van der Waals surface area contributed by atoms with Gasteiger partial charge in [-0.3, -0.25) is 0 Å². The number of rotatable bonds is 5. The van der Waals surface area contributed by atoms with Crippen LogP contribution >= 0.6 is 0 Å². The first kappa shape index (κ1) is 13.1. The molecule has 4 nitrogen and oxygen atoms in total. The lowest BCUT2D eigenvalue weighted by Gasteiger charge is -2.16. The molecule has 0 amide bonds. The first-order chi connectivity index (χ1) is 7.48. The minimum atomic E-state index is -3.50. The molecule has 16 heavy (non-hydrogen) atoms. The van der Waals surface area contributed by atoms with Crippen molar-refractivity contribution in [3.05, 3.63) is 30.1 Å². The maximum Gasteiger partial charge on any atom is 0.242 e. The van der Waals surface area contributed by atoms with E-state index in [1.807, 2.05) is 0 Å².